The van der Waals surface area contributed by atoms with Gasteiger partial charge in [-0.25, -0.2) is 9.59 Å². The van der Waals surface area contributed by atoms with Crippen molar-refractivity contribution in [1.82, 2.24) is 4.90 Å². The standard InChI is InChI=1S/C12H13BrN2O3S/c1-7-2-3-8(13)4-9(7)14-12(18)15-6-19-5-10(15)11(16)17/h2-4,10H,5-6H2,1H3,(H,14,18)(H,16,17)/t10-/m0/s1. The predicted octanol–water partition coefficient (Wildman–Crippen LogP) is 2.75. The van der Waals surface area contributed by atoms with E-state index in [1.807, 2.05) is 19.1 Å². The van der Waals surface area contributed by atoms with Crippen molar-refractivity contribution in [3.8, 4) is 0 Å². The first kappa shape index (κ1) is 14.2. The number of nitrogens with one attached hydrogen (secondary N) is 1. The molecule has 2 amide bonds. The molecule has 0 bridgehead atoms. The molecule has 5 nitrogen and oxygen atoms in total. The molecule has 1 atom stereocenters. The van der Waals surface area contributed by atoms with E-state index in [0.29, 0.717) is 17.3 Å². The van der Waals surface area contributed by atoms with E-state index < -0.39 is 12.0 Å². The molecule has 1 aliphatic rings. The number of nitrogens with zero attached hydrogens (tertiary/aromatic N) is 1. The van der Waals surface area contributed by atoms with Crippen molar-refractivity contribution < 1.29 is 14.7 Å². The first-order valence-electron chi connectivity index (χ1n) is 5.63. The van der Waals surface area contributed by atoms with Crippen LogP contribution >= 0.6 is 27.7 Å². The number of carboxylic acid groups (broad SMARTS) is 1. The second kappa shape index (κ2) is 5.83. The zero-order chi connectivity index (χ0) is 14.0. The third kappa shape index (κ3) is 3.22. The summed E-state index contributed by atoms with van der Waals surface area (Å²) in [6.45, 7) is 1.88. The highest BCUT2D eigenvalue weighted by Gasteiger charge is 2.34. The molecule has 1 aromatic rings. The lowest BCUT2D eigenvalue weighted by atomic mass is 10.2. The molecular formula is C12H13BrN2O3S. The lowest BCUT2D eigenvalue weighted by Gasteiger charge is -2.21. The Hall–Kier alpha value is -1.21. The van der Waals surface area contributed by atoms with E-state index in [1.165, 1.54) is 16.7 Å². The molecule has 1 fully saturated rings. The fourth-order valence-electron chi connectivity index (χ4n) is 1.76. The Balaban J connectivity index is 2.12. The maximum absolute atomic E-state index is 12.1. The maximum Gasteiger partial charge on any atom is 0.327 e. The van der Waals surface area contributed by atoms with Crippen LogP contribution in [0.15, 0.2) is 22.7 Å². The molecule has 0 spiro atoms. The van der Waals surface area contributed by atoms with Crippen LogP contribution < -0.4 is 5.32 Å². The molecule has 2 N–H and O–H groups in total. The number of carbonyl (C=O) groups excluding carboxylic acids is 1. The molecule has 1 saturated heterocycles. The van der Waals surface area contributed by atoms with Crippen LogP contribution in [-0.2, 0) is 4.79 Å². The second-order valence-corrected chi connectivity index (χ2v) is 6.13. The minimum atomic E-state index is -0.967. The summed E-state index contributed by atoms with van der Waals surface area (Å²) >= 11 is 4.78. The van der Waals surface area contributed by atoms with Crippen LogP contribution in [0.3, 0.4) is 0 Å². The number of halogens is 1. The number of hydrogen-bond acceptors (Lipinski definition) is 3. The van der Waals surface area contributed by atoms with Crippen molar-refractivity contribution in [3.63, 3.8) is 0 Å². The van der Waals surface area contributed by atoms with Crippen molar-refractivity contribution in [1.29, 1.82) is 0 Å². The summed E-state index contributed by atoms with van der Waals surface area (Å²) < 4.78 is 0.860. The normalized spacial score (nSPS) is 18.4. The van der Waals surface area contributed by atoms with Gasteiger partial charge in [-0.15, -0.1) is 11.8 Å². The number of aryl methyl sites for hydroxylation is 1. The Bertz CT molecular complexity index is 524. The number of carboxylic acids is 1. The maximum atomic E-state index is 12.1. The number of amides is 2. The molecule has 0 saturated carbocycles. The third-order valence-electron chi connectivity index (χ3n) is 2.87. The summed E-state index contributed by atoms with van der Waals surface area (Å²) in [6.07, 6.45) is 0. The van der Waals surface area contributed by atoms with E-state index in [4.69, 9.17) is 5.11 Å². The average Bonchev–Trinajstić information content (AvgIpc) is 2.83. The van der Waals surface area contributed by atoms with Crippen molar-refractivity contribution in [2.24, 2.45) is 0 Å². The van der Waals surface area contributed by atoms with Gasteiger partial charge in [0.2, 0.25) is 0 Å². The Kier molecular flexibility index (Phi) is 4.36. The van der Waals surface area contributed by atoms with Crippen LogP contribution in [0.4, 0.5) is 10.5 Å². The van der Waals surface area contributed by atoms with E-state index in [0.717, 1.165) is 10.0 Å². The first-order chi connectivity index (χ1) is 8.99. The Morgan fingerprint density at radius 2 is 2.26 bits per heavy atom. The molecule has 1 aliphatic heterocycles. The summed E-state index contributed by atoms with van der Waals surface area (Å²) in [7, 11) is 0. The Morgan fingerprint density at radius 1 is 1.53 bits per heavy atom. The minimum absolute atomic E-state index is 0.376. The zero-order valence-electron chi connectivity index (χ0n) is 10.2. The topological polar surface area (TPSA) is 69.6 Å². The van der Waals surface area contributed by atoms with Gasteiger partial charge in [0.1, 0.15) is 6.04 Å². The van der Waals surface area contributed by atoms with Crippen LogP contribution in [0.5, 0.6) is 0 Å². The van der Waals surface area contributed by atoms with Crippen LogP contribution in [0.25, 0.3) is 0 Å². The molecule has 1 heterocycles. The van der Waals surface area contributed by atoms with Crippen molar-refractivity contribution in [2.45, 2.75) is 13.0 Å². The molecule has 0 aliphatic carbocycles. The summed E-state index contributed by atoms with van der Waals surface area (Å²) in [6, 6.07) is 4.44. The van der Waals surface area contributed by atoms with Gasteiger partial charge in [0, 0.05) is 15.9 Å². The number of hydrogen-bond donors (Lipinski definition) is 2. The summed E-state index contributed by atoms with van der Waals surface area (Å²) in [4.78, 5) is 24.5. The minimum Gasteiger partial charge on any atom is -0.480 e. The highest BCUT2D eigenvalue weighted by Crippen LogP contribution is 2.24. The van der Waals surface area contributed by atoms with Gasteiger partial charge in [-0.05, 0) is 24.6 Å². The first-order valence-corrected chi connectivity index (χ1v) is 7.58. The van der Waals surface area contributed by atoms with E-state index in [1.54, 1.807) is 6.07 Å². The van der Waals surface area contributed by atoms with E-state index in [-0.39, 0.29) is 6.03 Å². The molecule has 0 radical (unpaired) electrons. The number of anilines is 1. The number of aliphatic carboxylic acids is 1. The highest BCUT2D eigenvalue weighted by atomic mass is 79.9. The van der Waals surface area contributed by atoms with Gasteiger partial charge in [-0.1, -0.05) is 22.0 Å². The van der Waals surface area contributed by atoms with Gasteiger partial charge in [0.25, 0.3) is 0 Å². The molecule has 1 aromatic carbocycles. The number of rotatable bonds is 2. The Morgan fingerprint density at radius 3 is 2.95 bits per heavy atom. The molecule has 0 unspecified atom stereocenters. The molecule has 7 heteroatoms. The molecule has 0 aromatic heterocycles. The van der Waals surface area contributed by atoms with E-state index in [2.05, 4.69) is 21.2 Å². The lowest BCUT2D eigenvalue weighted by molar-refractivity contribution is -0.140. The number of benzene rings is 1. The van der Waals surface area contributed by atoms with Gasteiger partial charge in [-0.2, -0.15) is 0 Å². The molecule has 102 valence electrons. The summed E-state index contributed by atoms with van der Waals surface area (Å²) in [5.74, 6) is -0.137. The quantitative estimate of drug-likeness (QED) is 0.865. The fraction of sp³-hybridized carbons (Fsp3) is 0.333. The molecular weight excluding hydrogens is 332 g/mol. The predicted molar refractivity (Wildman–Crippen MR) is 78.5 cm³/mol. The summed E-state index contributed by atoms with van der Waals surface area (Å²) in [5.41, 5.74) is 1.61. The molecule has 2 rings (SSSR count). The van der Waals surface area contributed by atoms with E-state index in [9.17, 15) is 9.59 Å². The number of urea groups is 1. The van der Waals surface area contributed by atoms with Gasteiger partial charge in [0.05, 0.1) is 5.88 Å². The van der Waals surface area contributed by atoms with Gasteiger partial charge in [0.15, 0.2) is 0 Å². The zero-order valence-corrected chi connectivity index (χ0v) is 12.6. The van der Waals surface area contributed by atoms with Crippen LogP contribution in [0, 0.1) is 6.92 Å². The fourth-order valence-corrected chi connectivity index (χ4v) is 3.27. The second-order valence-electron chi connectivity index (χ2n) is 4.21. The Labute approximate surface area is 123 Å². The third-order valence-corrected chi connectivity index (χ3v) is 4.37. The lowest BCUT2D eigenvalue weighted by Crippen LogP contribution is -2.44. The van der Waals surface area contributed by atoms with Crippen LogP contribution in [0.1, 0.15) is 5.56 Å². The van der Waals surface area contributed by atoms with Crippen LogP contribution in [-0.4, -0.2) is 39.7 Å². The van der Waals surface area contributed by atoms with Crippen molar-refractivity contribution >= 4 is 45.4 Å². The highest BCUT2D eigenvalue weighted by molar-refractivity contribution is 9.10. The monoisotopic (exact) mass is 344 g/mol. The molecule has 19 heavy (non-hydrogen) atoms. The van der Waals surface area contributed by atoms with Gasteiger partial charge in [-0.3, -0.25) is 0 Å². The van der Waals surface area contributed by atoms with E-state index >= 15 is 0 Å². The largest absolute Gasteiger partial charge is 0.480 e. The number of carbonyl (C=O) groups is 2. The van der Waals surface area contributed by atoms with Crippen molar-refractivity contribution in [3.05, 3.63) is 28.2 Å². The smallest absolute Gasteiger partial charge is 0.327 e. The SMILES string of the molecule is Cc1ccc(Br)cc1NC(=O)N1CSC[C@H]1C(=O)O. The number of thioether (sulfide) groups is 1. The van der Waals surface area contributed by atoms with Crippen molar-refractivity contribution in [2.75, 3.05) is 16.9 Å². The van der Waals surface area contributed by atoms with Crippen LogP contribution in [0.2, 0.25) is 0 Å². The van der Waals surface area contributed by atoms with Gasteiger partial charge < -0.3 is 15.3 Å². The summed E-state index contributed by atoms with van der Waals surface area (Å²) in [5, 5.41) is 11.8. The average molecular weight is 345 g/mol. The van der Waals surface area contributed by atoms with Gasteiger partial charge >= 0.3 is 12.0 Å².